The van der Waals surface area contributed by atoms with Crippen LogP contribution in [0.3, 0.4) is 0 Å². The molecule has 0 aliphatic heterocycles. The summed E-state index contributed by atoms with van der Waals surface area (Å²) in [6.07, 6.45) is 0.823. The maximum atomic E-state index is 11.8. The third kappa shape index (κ3) is 6.65. The quantitative estimate of drug-likeness (QED) is 0.560. The van der Waals surface area contributed by atoms with Crippen LogP contribution in [0.25, 0.3) is 0 Å². The normalized spacial score (nSPS) is 12.3. The highest BCUT2D eigenvalue weighted by Crippen LogP contribution is 2.21. The second-order valence-electron chi connectivity index (χ2n) is 5.90. The van der Waals surface area contributed by atoms with Crippen LogP contribution in [0, 0.1) is 0 Å². The van der Waals surface area contributed by atoms with Crippen molar-refractivity contribution in [1.82, 2.24) is 5.32 Å². The molecule has 5 heteroatoms. The van der Waals surface area contributed by atoms with Crippen LogP contribution in [-0.4, -0.2) is 37.7 Å². The maximum absolute atomic E-state index is 11.8. The van der Waals surface area contributed by atoms with Gasteiger partial charge in [-0.15, -0.1) is 6.58 Å². The fourth-order valence-corrected chi connectivity index (χ4v) is 1.90. The zero-order chi connectivity index (χ0) is 17.3. The standard InChI is InChI=1S/C18H25NO4/c1-5-11-22-14(2)17(21)23-12-16(20)19-13-18(3,4)15-9-7-6-8-10-15/h5-10,14H,1,11-13H2,2-4H3,(H,19,20). The monoisotopic (exact) mass is 319 g/mol. The summed E-state index contributed by atoms with van der Waals surface area (Å²) < 4.78 is 10.1. The molecule has 0 heterocycles. The summed E-state index contributed by atoms with van der Waals surface area (Å²) in [5.74, 6) is -0.900. The second kappa shape index (κ2) is 9.10. The van der Waals surface area contributed by atoms with Crippen LogP contribution in [0.2, 0.25) is 0 Å². The minimum absolute atomic E-state index is 0.207. The Morgan fingerprint density at radius 3 is 2.57 bits per heavy atom. The minimum Gasteiger partial charge on any atom is -0.454 e. The summed E-state index contributed by atoms with van der Waals surface area (Å²) in [4.78, 5) is 23.4. The third-order valence-corrected chi connectivity index (χ3v) is 3.42. The number of hydrogen-bond acceptors (Lipinski definition) is 4. The van der Waals surface area contributed by atoms with E-state index in [1.54, 1.807) is 13.0 Å². The van der Waals surface area contributed by atoms with Gasteiger partial charge in [-0.1, -0.05) is 50.3 Å². The molecule has 126 valence electrons. The number of carbonyl (C=O) groups is 2. The van der Waals surface area contributed by atoms with Gasteiger partial charge in [0.1, 0.15) is 0 Å². The molecule has 1 unspecified atom stereocenters. The van der Waals surface area contributed by atoms with E-state index < -0.39 is 12.1 Å². The van der Waals surface area contributed by atoms with Crippen LogP contribution in [0.1, 0.15) is 26.3 Å². The van der Waals surface area contributed by atoms with Crippen molar-refractivity contribution in [3.63, 3.8) is 0 Å². The number of benzene rings is 1. The summed E-state index contributed by atoms with van der Waals surface area (Å²) in [5.41, 5.74) is 0.921. The Morgan fingerprint density at radius 1 is 1.30 bits per heavy atom. The Morgan fingerprint density at radius 2 is 1.96 bits per heavy atom. The molecule has 1 aromatic carbocycles. The van der Waals surface area contributed by atoms with Crippen LogP contribution in [0.4, 0.5) is 0 Å². The smallest absolute Gasteiger partial charge is 0.335 e. The molecule has 0 radical (unpaired) electrons. The number of amides is 1. The molecule has 5 nitrogen and oxygen atoms in total. The van der Waals surface area contributed by atoms with E-state index in [-0.39, 0.29) is 24.5 Å². The average Bonchev–Trinajstić information content (AvgIpc) is 2.56. The lowest BCUT2D eigenvalue weighted by Crippen LogP contribution is -2.39. The van der Waals surface area contributed by atoms with Gasteiger partial charge in [-0.05, 0) is 12.5 Å². The molecule has 0 spiro atoms. The molecule has 0 bridgehead atoms. The van der Waals surface area contributed by atoms with Crippen LogP contribution in [0.15, 0.2) is 43.0 Å². The Labute approximate surface area is 137 Å². The molecule has 1 atom stereocenters. The molecule has 0 aliphatic rings. The molecule has 1 N–H and O–H groups in total. The Bertz CT molecular complexity index is 525. The van der Waals surface area contributed by atoms with Gasteiger partial charge in [0.25, 0.3) is 5.91 Å². The lowest BCUT2D eigenvalue weighted by Gasteiger charge is -2.25. The number of rotatable bonds is 9. The summed E-state index contributed by atoms with van der Waals surface area (Å²) >= 11 is 0. The predicted octanol–water partition coefficient (Wildman–Crippen LogP) is 2.21. The summed E-state index contributed by atoms with van der Waals surface area (Å²) in [6, 6.07) is 9.92. The molecule has 1 aromatic rings. The van der Waals surface area contributed by atoms with E-state index in [2.05, 4.69) is 11.9 Å². The zero-order valence-corrected chi connectivity index (χ0v) is 14.0. The first-order valence-corrected chi connectivity index (χ1v) is 7.58. The molecule has 0 saturated carbocycles. The van der Waals surface area contributed by atoms with Crippen LogP contribution >= 0.6 is 0 Å². The summed E-state index contributed by atoms with van der Waals surface area (Å²) in [7, 11) is 0. The van der Waals surface area contributed by atoms with Crippen LogP contribution in [0.5, 0.6) is 0 Å². The zero-order valence-electron chi connectivity index (χ0n) is 14.0. The molecule has 1 amide bonds. The molecule has 0 fully saturated rings. The van der Waals surface area contributed by atoms with Crippen molar-refractivity contribution in [3.05, 3.63) is 48.6 Å². The van der Waals surface area contributed by atoms with Crippen molar-refractivity contribution in [3.8, 4) is 0 Å². The van der Waals surface area contributed by atoms with E-state index in [0.29, 0.717) is 6.54 Å². The van der Waals surface area contributed by atoms with Gasteiger partial charge >= 0.3 is 5.97 Å². The van der Waals surface area contributed by atoms with Gasteiger partial charge in [0.2, 0.25) is 0 Å². The predicted molar refractivity (Wildman–Crippen MR) is 89.0 cm³/mol. The minimum atomic E-state index is -0.721. The van der Waals surface area contributed by atoms with Crippen molar-refractivity contribution >= 4 is 11.9 Å². The highest BCUT2D eigenvalue weighted by molar-refractivity contribution is 5.81. The molecule has 23 heavy (non-hydrogen) atoms. The lowest BCUT2D eigenvalue weighted by atomic mass is 9.84. The fourth-order valence-electron chi connectivity index (χ4n) is 1.90. The third-order valence-electron chi connectivity index (χ3n) is 3.42. The Kier molecular flexibility index (Phi) is 7.48. The van der Waals surface area contributed by atoms with E-state index in [1.807, 2.05) is 44.2 Å². The van der Waals surface area contributed by atoms with E-state index in [4.69, 9.17) is 9.47 Å². The SMILES string of the molecule is C=CCOC(C)C(=O)OCC(=O)NCC(C)(C)c1ccccc1. The highest BCUT2D eigenvalue weighted by atomic mass is 16.6. The average molecular weight is 319 g/mol. The molecule has 1 rings (SSSR count). The number of hydrogen-bond donors (Lipinski definition) is 1. The van der Waals surface area contributed by atoms with Gasteiger partial charge in [0.05, 0.1) is 6.61 Å². The fraction of sp³-hybridized carbons (Fsp3) is 0.444. The first-order valence-electron chi connectivity index (χ1n) is 7.58. The topological polar surface area (TPSA) is 64.6 Å². The van der Waals surface area contributed by atoms with Gasteiger partial charge in [0, 0.05) is 12.0 Å². The highest BCUT2D eigenvalue weighted by Gasteiger charge is 2.22. The van der Waals surface area contributed by atoms with Crippen molar-refractivity contribution in [2.75, 3.05) is 19.8 Å². The molecular formula is C18H25NO4. The van der Waals surface area contributed by atoms with Gasteiger partial charge in [-0.2, -0.15) is 0 Å². The first kappa shape index (κ1) is 18.9. The van der Waals surface area contributed by atoms with Crippen molar-refractivity contribution in [2.24, 2.45) is 0 Å². The lowest BCUT2D eigenvalue weighted by molar-refractivity contribution is -0.158. The van der Waals surface area contributed by atoms with E-state index >= 15 is 0 Å². The number of nitrogens with one attached hydrogen (secondary N) is 1. The second-order valence-corrected chi connectivity index (χ2v) is 5.90. The number of carbonyl (C=O) groups excluding carboxylic acids is 2. The molecule has 0 aromatic heterocycles. The van der Waals surface area contributed by atoms with Gasteiger partial charge in [-0.3, -0.25) is 4.79 Å². The summed E-state index contributed by atoms with van der Waals surface area (Å²) in [6.45, 7) is 9.55. The number of esters is 1. The van der Waals surface area contributed by atoms with Gasteiger partial charge < -0.3 is 14.8 Å². The largest absolute Gasteiger partial charge is 0.454 e. The molecule has 0 saturated heterocycles. The van der Waals surface area contributed by atoms with Gasteiger partial charge in [0.15, 0.2) is 12.7 Å². The van der Waals surface area contributed by atoms with E-state index in [9.17, 15) is 9.59 Å². The molecular weight excluding hydrogens is 294 g/mol. The van der Waals surface area contributed by atoms with E-state index in [1.165, 1.54) is 0 Å². The van der Waals surface area contributed by atoms with Crippen LogP contribution in [-0.2, 0) is 24.5 Å². The maximum Gasteiger partial charge on any atom is 0.335 e. The van der Waals surface area contributed by atoms with Crippen molar-refractivity contribution in [2.45, 2.75) is 32.3 Å². The van der Waals surface area contributed by atoms with Crippen LogP contribution < -0.4 is 5.32 Å². The van der Waals surface area contributed by atoms with Crippen molar-refractivity contribution in [1.29, 1.82) is 0 Å². The van der Waals surface area contributed by atoms with E-state index in [0.717, 1.165) is 5.56 Å². The Balaban J connectivity index is 2.37. The summed E-state index contributed by atoms with van der Waals surface area (Å²) in [5, 5.41) is 2.79. The first-order chi connectivity index (χ1) is 10.9. The Hall–Kier alpha value is -2.14. The number of ether oxygens (including phenoxy) is 2. The molecule has 0 aliphatic carbocycles. The van der Waals surface area contributed by atoms with Gasteiger partial charge in [-0.25, -0.2) is 4.79 Å². The van der Waals surface area contributed by atoms with Crippen molar-refractivity contribution < 1.29 is 19.1 Å².